The molecule has 4 aliphatic heterocycles. The van der Waals surface area contributed by atoms with Crippen LogP contribution >= 0.6 is 0 Å². The minimum absolute atomic E-state index is 0.0261. The van der Waals surface area contributed by atoms with Crippen molar-refractivity contribution >= 4 is 46.6 Å². The summed E-state index contributed by atoms with van der Waals surface area (Å²) in [5.41, 5.74) is -0.803. The smallest absolute Gasteiger partial charge is 0.410 e. The van der Waals surface area contributed by atoms with Gasteiger partial charge in [0.2, 0.25) is 0 Å². The number of likely N-dealkylation sites (tertiary alicyclic amines) is 1. The van der Waals surface area contributed by atoms with Gasteiger partial charge < -0.3 is 38.2 Å². The van der Waals surface area contributed by atoms with Gasteiger partial charge in [0, 0.05) is 42.4 Å². The minimum atomic E-state index is -1.44. The van der Waals surface area contributed by atoms with Crippen LogP contribution in [0.25, 0.3) is 17.0 Å². The van der Waals surface area contributed by atoms with Crippen LogP contribution < -0.4 is 0 Å². The number of pyridine rings is 1. The third kappa shape index (κ3) is 11.5. The number of benzene rings is 2. The lowest BCUT2D eigenvalue weighted by Gasteiger charge is -2.48. The Labute approximate surface area is 413 Å². The SMILES string of the molecule is CC[C@H]1OC(=O)[C@H](C)C(=O)[C@H](C)[C@@H](O[C@@H]2O[C@H](C)C[C@H](N(C)C)[C@H]2OC(=O)c2ccccc2)[C@](C)(OC/C=C/c2cnc3ccccc3c2)C[C@@H](C)C(=O)[C@H](C)[C@H]2N(CCN3CCCC3)C(=O)O[C@]12C. The van der Waals surface area contributed by atoms with Crippen LogP contribution in [-0.2, 0) is 42.8 Å². The molecule has 3 aromatic rings. The summed E-state index contributed by atoms with van der Waals surface area (Å²) in [5, 5.41) is 0.976. The van der Waals surface area contributed by atoms with E-state index in [1.54, 1.807) is 49.2 Å². The largest absolute Gasteiger partial charge is 0.458 e. The first kappa shape index (κ1) is 52.8. The van der Waals surface area contributed by atoms with Gasteiger partial charge in [-0.05, 0) is 117 Å². The number of nitrogens with zero attached hydrogens (tertiary/aromatic N) is 4. The number of carbonyl (C=O) groups is 5. The highest BCUT2D eigenvalue weighted by Gasteiger charge is 2.60. The molecule has 0 saturated carbocycles. The van der Waals surface area contributed by atoms with Crippen molar-refractivity contribution in [3.05, 3.63) is 84.1 Å². The third-order valence-corrected chi connectivity index (χ3v) is 15.2. The predicted molar refractivity (Wildman–Crippen MR) is 265 cm³/mol. The van der Waals surface area contributed by atoms with Gasteiger partial charge in [0.15, 0.2) is 23.8 Å². The highest BCUT2D eigenvalue weighted by molar-refractivity contribution is 6.00. The second kappa shape index (κ2) is 22.6. The zero-order valence-corrected chi connectivity index (χ0v) is 42.7. The van der Waals surface area contributed by atoms with Crippen molar-refractivity contribution in [2.75, 3.05) is 46.9 Å². The summed E-state index contributed by atoms with van der Waals surface area (Å²) in [4.78, 5) is 83.1. The van der Waals surface area contributed by atoms with Crippen LogP contribution in [0.2, 0.25) is 0 Å². The second-order valence-corrected chi connectivity index (χ2v) is 20.6. The van der Waals surface area contributed by atoms with Gasteiger partial charge in [-0.25, -0.2) is 9.59 Å². The first-order valence-corrected chi connectivity index (χ1v) is 25.2. The number of esters is 2. The highest BCUT2D eigenvalue weighted by Crippen LogP contribution is 2.43. The normalized spacial score (nSPS) is 33.9. The second-order valence-electron chi connectivity index (χ2n) is 20.6. The maximum absolute atomic E-state index is 15.3. The van der Waals surface area contributed by atoms with Crippen molar-refractivity contribution < 1.29 is 52.4 Å². The number of ketones is 2. The fourth-order valence-electron chi connectivity index (χ4n) is 11.4. The standard InChI is InChI=1S/C55H74N4O11/c1-11-44-55(8)48(59(53(64)70-55)28-27-58-25-17-18-26-58)36(4)45(60)34(2)32-54(7,65-29-19-20-39-31-41-23-15-16-24-42(41)56-33-39)49(37(5)46(61)38(6)50(62)67-44)69-52-47(43(57(9)10)30-35(3)66-52)68-51(63)40-21-13-12-14-22-40/h12-16,19-24,31,33-38,43-44,47-49,52H,11,17-18,25-30,32H2,1-10H3/b20-19+/t34-,35-,36+,37+,38-,43+,44-,47-,48-,49-,52+,54-,55-/m1/s1. The fourth-order valence-corrected chi connectivity index (χ4v) is 11.4. The van der Waals surface area contributed by atoms with Crippen LogP contribution in [0.4, 0.5) is 4.79 Å². The number of amides is 1. The molecule has 13 atom stereocenters. The molecule has 380 valence electrons. The summed E-state index contributed by atoms with van der Waals surface area (Å²) < 4.78 is 39.5. The van der Waals surface area contributed by atoms with Crippen LogP contribution in [0.3, 0.4) is 0 Å². The maximum atomic E-state index is 15.3. The van der Waals surface area contributed by atoms with Crippen LogP contribution in [0, 0.1) is 23.7 Å². The Balaban J connectivity index is 1.30. The van der Waals surface area contributed by atoms with E-state index in [1.165, 1.54) is 6.92 Å². The average Bonchev–Trinajstić information content (AvgIpc) is 3.96. The molecule has 1 aromatic heterocycles. The third-order valence-electron chi connectivity index (χ3n) is 15.2. The molecule has 2 aromatic carbocycles. The van der Waals surface area contributed by atoms with Crippen molar-refractivity contribution in [1.29, 1.82) is 0 Å². The van der Waals surface area contributed by atoms with Crippen molar-refractivity contribution in [2.45, 2.75) is 141 Å². The Hall–Kier alpha value is -5.06. The summed E-state index contributed by atoms with van der Waals surface area (Å²) in [6.45, 7) is 16.9. The van der Waals surface area contributed by atoms with Gasteiger partial charge in [0.05, 0.1) is 47.6 Å². The number of rotatable bonds is 13. The quantitative estimate of drug-likeness (QED) is 0.0927. The Morgan fingerprint density at radius 2 is 1.61 bits per heavy atom. The van der Waals surface area contributed by atoms with Gasteiger partial charge in [-0.3, -0.25) is 24.3 Å². The predicted octanol–water partition coefficient (Wildman–Crippen LogP) is 7.78. The molecule has 1 amide bonds. The first-order valence-electron chi connectivity index (χ1n) is 25.2. The number of ether oxygens (including phenoxy) is 6. The number of Topliss-reactive ketones (excluding diaryl/α,β-unsaturated/α-hetero) is 2. The Bertz CT molecular complexity index is 2360. The van der Waals surface area contributed by atoms with Crippen LogP contribution in [-0.4, -0.2) is 150 Å². The lowest BCUT2D eigenvalue weighted by Crippen LogP contribution is -2.61. The van der Waals surface area contributed by atoms with Gasteiger partial charge in [-0.2, -0.15) is 0 Å². The Kier molecular flexibility index (Phi) is 17.0. The topological polar surface area (TPSA) is 163 Å². The Morgan fingerprint density at radius 3 is 2.31 bits per heavy atom. The van der Waals surface area contributed by atoms with Crippen LogP contribution in [0.5, 0.6) is 0 Å². The highest BCUT2D eigenvalue weighted by atomic mass is 16.7. The van der Waals surface area contributed by atoms with Gasteiger partial charge in [-0.15, -0.1) is 0 Å². The molecule has 0 aliphatic carbocycles. The zero-order chi connectivity index (χ0) is 50.5. The maximum Gasteiger partial charge on any atom is 0.410 e. The fraction of sp³-hybridized carbons (Fsp3) is 0.600. The first-order chi connectivity index (χ1) is 33.3. The lowest BCUT2D eigenvalue weighted by molar-refractivity contribution is -0.296. The zero-order valence-electron chi connectivity index (χ0n) is 42.7. The van der Waals surface area contributed by atoms with E-state index in [0.29, 0.717) is 25.1 Å². The summed E-state index contributed by atoms with van der Waals surface area (Å²) in [5.74, 6) is -5.90. The van der Waals surface area contributed by atoms with E-state index in [1.807, 2.05) is 102 Å². The molecule has 70 heavy (non-hydrogen) atoms. The summed E-state index contributed by atoms with van der Waals surface area (Å²) in [6, 6.07) is 17.4. The molecule has 4 fully saturated rings. The number of hydrogen-bond donors (Lipinski definition) is 0. The number of cyclic esters (lactones) is 1. The van der Waals surface area contributed by atoms with E-state index in [0.717, 1.165) is 42.4 Å². The van der Waals surface area contributed by atoms with E-state index in [2.05, 4.69) is 9.88 Å². The Morgan fingerprint density at radius 1 is 0.914 bits per heavy atom. The summed E-state index contributed by atoms with van der Waals surface area (Å²) in [6.07, 6.45) is 3.20. The number of aromatic nitrogens is 1. The molecule has 4 aliphatic rings. The number of hydrogen-bond acceptors (Lipinski definition) is 14. The van der Waals surface area contributed by atoms with Gasteiger partial charge >= 0.3 is 18.0 Å². The molecular formula is C55H74N4O11. The van der Waals surface area contributed by atoms with Crippen molar-refractivity contribution in [3.8, 4) is 0 Å². The molecule has 15 nitrogen and oxygen atoms in total. The molecular weight excluding hydrogens is 893 g/mol. The summed E-state index contributed by atoms with van der Waals surface area (Å²) >= 11 is 0. The molecule has 0 bridgehead atoms. The van der Waals surface area contributed by atoms with E-state index in [9.17, 15) is 14.4 Å². The lowest BCUT2D eigenvalue weighted by atomic mass is 9.73. The molecule has 5 heterocycles. The minimum Gasteiger partial charge on any atom is -0.458 e. The van der Waals surface area contributed by atoms with Crippen molar-refractivity contribution in [2.24, 2.45) is 23.7 Å². The number of carbonyl (C=O) groups excluding carboxylic acids is 5. The monoisotopic (exact) mass is 967 g/mol. The van der Waals surface area contributed by atoms with Crippen molar-refractivity contribution in [3.63, 3.8) is 0 Å². The van der Waals surface area contributed by atoms with E-state index in [-0.39, 0.29) is 37.4 Å². The van der Waals surface area contributed by atoms with Gasteiger partial charge in [0.1, 0.15) is 17.8 Å². The molecule has 4 saturated heterocycles. The number of para-hydroxylation sites is 1. The molecule has 0 radical (unpaired) electrons. The summed E-state index contributed by atoms with van der Waals surface area (Å²) in [7, 11) is 3.79. The average molecular weight is 967 g/mol. The number of fused-ring (bicyclic) bond motifs is 2. The van der Waals surface area contributed by atoms with Crippen molar-refractivity contribution in [1.82, 2.24) is 19.7 Å². The van der Waals surface area contributed by atoms with Crippen LogP contribution in [0.1, 0.15) is 103 Å². The van der Waals surface area contributed by atoms with Crippen LogP contribution in [0.15, 0.2) is 72.9 Å². The molecule has 0 unspecified atom stereocenters. The van der Waals surface area contributed by atoms with E-state index < -0.39 is 89.3 Å². The molecule has 15 heteroatoms. The molecule has 0 N–H and O–H groups in total. The van der Waals surface area contributed by atoms with Gasteiger partial charge in [0.25, 0.3) is 0 Å². The van der Waals surface area contributed by atoms with E-state index >= 15 is 9.59 Å². The van der Waals surface area contributed by atoms with Gasteiger partial charge in [-0.1, -0.05) is 76.2 Å². The molecule has 7 rings (SSSR count). The van der Waals surface area contributed by atoms with E-state index in [4.69, 9.17) is 28.4 Å². The molecule has 0 spiro atoms. The number of likely N-dealkylation sites (N-methyl/N-ethyl adjacent to an activating group) is 1.